The zero-order chi connectivity index (χ0) is 11.4. The standard InChI is InChI=1S/C12H17N3O/c1-2-11-13-8-10(9-16)12(14-11)15-6-4-3-5-7-15/h8-9H,2-7H2,1H3. The number of piperidine rings is 1. The highest BCUT2D eigenvalue weighted by Gasteiger charge is 2.16. The van der Waals surface area contributed by atoms with E-state index in [1.807, 2.05) is 6.92 Å². The lowest BCUT2D eigenvalue weighted by molar-refractivity contribution is 0.112. The zero-order valence-corrected chi connectivity index (χ0v) is 9.65. The van der Waals surface area contributed by atoms with E-state index in [4.69, 9.17) is 0 Å². The Balaban J connectivity index is 2.31. The maximum Gasteiger partial charge on any atom is 0.155 e. The highest BCUT2D eigenvalue weighted by atomic mass is 16.1. The number of anilines is 1. The smallest absolute Gasteiger partial charge is 0.155 e. The SMILES string of the molecule is CCc1ncc(C=O)c(N2CCCCC2)n1. The third-order valence-electron chi connectivity index (χ3n) is 2.94. The van der Waals surface area contributed by atoms with Crippen molar-refractivity contribution in [3.05, 3.63) is 17.6 Å². The first-order valence-electron chi connectivity index (χ1n) is 5.91. The second kappa shape index (κ2) is 5.05. The van der Waals surface area contributed by atoms with Gasteiger partial charge in [-0.05, 0) is 19.3 Å². The first-order chi connectivity index (χ1) is 7.85. The number of aromatic nitrogens is 2. The van der Waals surface area contributed by atoms with Gasteiger partial charge in [-0.1, -0.05) is 6.92 Å². The average Bonchev–Trinajstić information content (AvgIpc) is 2.39. The number of hydrogen-bond acceptors (Lipinski definition) is 4. The van der Waals surface area contributed by atoms with Gasteiger partial charge in [0.1, 0.15) is 11.6 Å². The van der Waals surface area contributed by atoms with Crippen molar-refractivity contribution in [2.24, 2.45) is 0 Å². The van der Waals surface area contributed by atoms with Crippen LogP contribution < -0.4 is 4.90 Å². The summed E-state index contributed by atoms with van der Waals surface area (Å²) in [6.07, 6.45) is 6.94. The maximum atomic E-state index is 11.0. The first kappa shape index (κ1) is 11.0. The summed E-state index contributed by atoms with van der Waals surface area (Å²) in [5.74, 6) is 1.63. The molecule has 1 aromatic rings. The van der Waals surface area contributed by atoms with Crippen LogP contribution in [-0.4, -0.2) is 29.3 Å². The highest BCUT2D eigenvalue weighted by molar-refractivity contribution is 5.82. The fourth-order valence-corrected chi connectivity index (χ4v) is 2.03. The van der Waals surface area contributed by atoms with E-state index in [-0.39, 0.29) is 0 Å². The molecule has 2 heterocycles. The van der Waals surface area contributed by atoms with Crippen molar-refractivity contribution in [1.29, 1.82) is 0 Å². The summed E-state index contributed by atoms with van der Waals surface area (Å²) in [6, 6.07) is 0. The minimum atomic E-state index is 0.610. The Kier molecular flexibility index (Phi) is 3.49. The van der Waals surface area contributed by atoms with E-state index in [1.165, 1.54) is 19.3 Å². The number of rotatable bonds is 3. The molecule has 4 heteroatoms. The second-order valence-corrected chi connectivity index (χ2v) is 4.08. The van der Waals surface area contributed by atoms with Crippen LogP contribution in [0.1, 0.15) is 42.4 Å². The van der Waals surface area contributed by atoms with Crippen molar-refractivity contribution in [2.75, 3.05) is 18.0 Å². The lowest BCUT2D eigenvalue weighted by atomic mass is 10.1. The third kappa shape index (κ3) is 2.21. The Hall–Kier alpha value is -1.45. The van der Waals surface area contributed by atoms with Crippen molar-refractivity contribution in [3.63, 3.8) is 0 Å². The summed E-state index contributed by atoms with van der Waals surface area (Å²) < 4.78 is 0. The van der Waals surface area contributed by atoms with Gasteiger partial charge in [-0.3, -0.25) is 4.79 Å². The van der Waals surface area contributed by atoms with Gasteiger partial charge < -0.3 is 4.90 Å². The molecular weight excluding hydrogens is 202 g/mol. The van der Waals surface area contributed by atoms with Crippen LogP contribution in [0.4, 0.5) is 5.82 Å². The van der Waals surface area contributed by atoms with Crippen LogP contribution in [0.2, 0.25) is 0 Å². The Morgan fingerprint density at radius 3 is 2.75 bits per heavy atom. The molecule has 0 radical (unpaired) electrons. The van der Waals surface area contributed by atoms with Gasteiger partial charge in [-0.25, -0.2) is 9.97 Å². The van der Waals surface area contributed by atoms with Gasteiger partial charge in [-0.15, -0.1) is 0 Å². The Morgan fingerprint density at radius 1 is 1.38 bits per heavy atom. The normalized spacial score (nSPS) is 16.2. The molecule has 0 bridgehead atoms. The van der Waals surface area contributed by atoms with E-state index in [2.05, 4.69) is 14.9 Å². The van der Waals surface area contributed by atoms with Crippen LogP contribution in [0.15, 0.2) is 6.20 Å². The van der Waals surface area contributed by atoms with Crippen molar-refractivity contribution >= 4 is 12.1 Å². The minimum Gasteiger partial charge on any atom is -0.356 e. The van der Waals surface area contributed by atoms with Crippen LogP contribution in [0.25, 0.3) is 0 Å². The molecule has 0 aromatic carbocycles. The molecule has 1 saturated heterocycles. The second-order valence-electron chi connectivity index (χ2n) is 4.08. The fourth-order valence-electron chi connectivity index (χ4n) is 2.03. The first-order valence-corrected chi connectivity index (χ1v) is 5.91. The van der Waals surface area contributed by atoms with Gasteiger partial charge >= 0.3 is 0 Å². The predicted molar refractivity (Wildman–Crippen MR) is 62.9 cm³/mol. The highest BCUT2D eigenvalue weighted by Crippen LogP contribution is 2.20. The summed E-state index contributed by atoms with van der Waals surface area (Å²) in [5.41, 5.74) is 0.610. The summed E-state index contributed by atoms with van der Waals surface area (Å²) >= 11 is 0. The fraction of sp³-hybridized carbons (Fsp3) is 0.583. The zero-order valence-electron chi connectivity index (χ0n) is 9.65. The van der Waals surface area contributed by atoms with Crippen LogP contribution in [0.5, 0.6) is 0 Å². The van der Waals surface area contributed by atoms with Crippen molar-refractivity contribution in [2.45, 2.75) is 32.6 Å². The average molecular weight is 219 g/mol. The van der Waals surface area contributed by atoms with Crippen LogP contribution in [0.3, 0.4) is 0 Å². The lowest BCUT2D eigenvalue weighted by Crippen LogP contribution is -2.31. The van der Waals surface area contributed by atoms with Gasteiger partial charge in [0.15, 0.2) is 6.29 Å². The Morgan fingerprint density at radius 2 is 2.12 bits per heavy atom. The molecule has 0 saturated carbocycles. The molecule has 0 unspecified atom stereocenters. The molecule has 86 valence electrons. The van der Waals surface area contributed by atoms with E-state index in [0.717, 1.165) is 37.4 Å². The van der Waals surface area contributed by atoms with E-state index in [0.29, 0.717) is 5.56 Å². The molecule has 0 aliphatic carbocycles. The van der Waals surface area contributed by atoms with Crippen LogP contribution in [0, 0.1) is 0 Å². The molecule has 1 fully saturated rings. The number of aryl methyl sites for hydroxylation is 1. The maximum absolute atomic E-state index is 11.0. The molecule has 0 spiro atoms. The quantitative estimate of drug-likeness (QED) is 0.728. The molecule has 1 aliphatic heterocycles. The van der Waals surface area contributed by atoms with Gasteiger partial charge in [0.2, 0.25) is 0 Å². The molecule has 0 amide bonds. The van der Waals surface area contributed by atoms with Crippen molar-refractivity contribution < 1.29 is 4.79 Å². The van der Waals surface area contributed by atoms with Gasteiger partial charge in [0, 0.05) is 25.7 Å². The number of carbonyl (C=O) groups is 1. The summed E-state index contributed by atoms with van der Waals surface area (Å²) in [7, 11) is 0. The molecule has 4 nitrogen and oxygen atoms in total. The largest absolute Gasteiger partial charge is 0.356 e. The van der Waals surface area contributed by atoms with E-state index < -0.39 is 0 Å². The van der Waals surface area contributed by atoms with E-state index in [9.17, 15) is 4.79 Å². The molecule has 2 rings (SSSR count). The number of aldehydes is 1. The Bertz CT molecular complexity index is 373. The van der Waals surface area contributed by atoms with Crippen molar-refractivity contribution in [1.82, 2.24) is 9.97 Å². The molecule has 16 heavy (non-hydrogen) atoms. The molecule has 0 atom stereocenters. The van der Waals surface area contributed by atoms with Gasteiger partial charge in [-0.2, -0.15) is 0 Å². The van der Waals surface area contributed by atoms with Gasteiger partial charge in [0.05, 0.1) is 5.56 Å². The van der Waals surface area contributed by atoms with Crippen LogP contribution in [-0.2, 0) is 6.42 Å². The van der Waals surface area contributed by atoms with Crippen molar-refractivity contribution in [3.8, 4) is 0 Å². The van der Waals surface area contributed by atoms with Crippen LogP contribution >= 0.6 is 0 Å². The van der Waals surface area contributed by atoms with E-state index in [1.54, 1.807) is 6.20 Å². The Labute approximate surface area is 95.7 Å². The minimum absolute atomic E-state index is 0.610. The summed E-state index contributed by atoms with van der Waals surface area (Å²) in [5, 5.41) is 0. The summed E-state index contributed by atoms with van der Waals surface area (Å²) in [6.45, 7) is 4.03. The monoisotopic (exact) mass is 219 g/mol. The molecule has 0 N–H and O–H groups in total. The molecule has 1 aliphatic rings. The molecule has 1 aromatic heterocycles. The number of carbonyl (C=O) groups excluding carboxylic acids is 1. The predicted octanol–water partition coefficient (Wildman–Crippen LogP) is 1.84. The number of hydrogen-bond donors (Lipinski definition) is 0. The topological polar surface area (TPSA) is 46.1 Å². The summed E-state index contributed by atoms with van der Waals surface area (Å²) in [4.78, 5) is 21.8. The number of nitrogens with zero attached hydrogens (tertiary/aromatic N) is 3. The third-order valence-corrected chi connectivity index (χ3v) is 2.94. The molecular formula is C12H17N3O. The lowest BCUT2D eigenvalue weighted by Gasteiger charge is -2.28. The van der Waals surface area contributed by atoms with E-state index >= 15 is 0 Å². The van der Waals surface area contributed by atoms with Gasteiger partial charge in [0.25, 0.3) is 0 Å².